The van der Waals surface area contributed by atoms with E-state index in [-0.39, 0.29) is 6.04 Å². The van der Waals surface area contributed by atoms with Crippen molar-refractivity contribution in [2.75, 3.05) is 5.32 Å². The molecule has 1 N–H and O–H groups in total. The lowest BCUT2D eigenvalue weighted by atomic mass is 10.3. The molecule has 2 aromatic rings. The zero-order valence-electron chi connectivity index (χ0n) is 10.4. The third-order valence-electron chi connectivity index (χ3n) is 2.24. The van der Waals surface area contributed by atoms with E-state index in [0.29, 0.717) is 17.3 Å². The zero-order valence-corrected chi connectivity index (χ0v) is 11.2. The lowest BCUT2D eigenvalue weighted by Crippen LogP contribution is -2.15. The van der Waals surface area contributed by atoms with E-state index in [1.165, 1.54) is 0 Å². The van der Waals surface area contributed by atoms with E-state index in [0.717, 1.165) is 5.69 Å². The number of pyridine rings is 1. The SMILES string of the molecule is CC(C)Nc1ncn(Cc2ccccn2)c(=S)n1. The van der Waals surface area contributed by atoms with Crippen molar-refractivity contribution in [1.29, 1.82) is 0 Å². The van der Waals surface area contributed by atoms with Gasteiger partial charge in [0.1, 0.15) is 6.33 Å². The van der Waals surface area contributed by atoms with E-state index in [1.54, 1.807) is 17.1 Å². The zero-order chi connectivity index (χ0) is 13.0. The van der Waals surface area contributed by atoms with Gasteiger partial charge in [0.25, 0.3) is 0 Å². The smallest absolute Gasteiger partial charge is 0.227 e. The Kier molecular flexibility index (Phi) is 3.99. The van der Waals surface area contributed by atoms with E-state index in [1.807, 2.05) is 32.0 Å². The first-order chi connectivity index (χ1) is 8.65. The molecule has 2 aromatic heterocycles. The third-order valence-corrected chi connectivity index (χ3v) is 2.57. The lowest BCUT2D eigenvalue weighted by molar-refractivity contribution is 0.705. The van der Waals surface area contributed by atoms with Crippen molar-refractivity contribution in [3.63, 3.8) is 0 Å². The maximum absolute atomic E-state index is 5.24. The topological polar surface area (TPSA) is 55.6 Å². The lowest BCUT2D eigenvalue weighted by Gasteiger charge is -2.09. The van der Waals surface area contributed by atoms with Crippen LogP contribution in [-0.4, -0.2) is 25.6 Å². The Morgan fingerprint density at radius 2 is 2.17 bits per heavy atom. The Morgan fingerprint density at radius 1 is 1.33 bits per heavy atom. The maximum atomic E-state index is 5.24. The Morgan fingerprint density at radius 3 is 2.78 bits per heavy atom. The van der Waals surface area contributed by atoms with Gasteiger partial charge in [0.2, 0.25) is 10.7 Å². The second-order valence-electron chi connectivity index (χ2n) is 4.21. The highest BCUT2D eigenvalue weighted by Gasteiger charge is 2.02. The second kappa shape index (κ2) is 5.68. The van der Waals surface area contributed by atoms with Gasteiger partial charge in [0, 0.05) is 12.2 Å². The molecule has 0 spiro atoms. The van der Waals surface area contributed by atoms with Gasteiger partial charge in [-0.2, -0.15) is 4.98 Å². The van der Waals surface area contributed by atoms with Crippen LogP contribution in [0.2, 0.25) is 0 Å². The summed E-state index contributed by atoms with van der Waals surface area (Å²) in [6, 6.07) is 6.06. The van der Waals surface area contributed by atoms with Crippen LogP contribution in [-0.2, 0) is 6.54 Å². The molecule has 0 amide bonds. The maximum Gasteiger partial charge on any atom is 0.227 e. The van der Waals surface area contributed by atoms with Crippen LogP contribution in [0.4, 0.5) is 5.95 Å². The van der Waals surface area contributed by atoms with Gasteiger partial charge >= 0.3 is 0 Å². The van der Waals surface area contributed by atoms with Gasteiger partial charge in [-0.3, -0.25) is 4.98 Å². The molecule has 18 heavy (non-hydrogen) atoms. The molecule has 0 saturated heterocycles. The predicted octanol–water partition coefficient (Wildman–Crippen LogP) is 2.27. The van der Waals surface area contributed by atoms with Crippen molar-refractivity contribution in [3.8, 4) is 0 Å². The Bertz CT molecular complexity index is 564. The fourth-order valence-corrected chi connectivity index (χ4v) is 1.66. The summed E-state index contributed by atoms with van der Waals surface area (Å²) in [5.74, 6) is 0.562. The molecule has 0 unspecified atom stereocenters. The van der Waals surface area contributed by atoms with E-state index < -0.39 is 0 Å². The summed E-state index contributed by atoms with van der Waals surface area (Å²) in [7, 11) is 0. The molecule has 0 aliphatic rings. The molecule has 2 rings (SSSR count). The summed E-state index contributed by atoms with van der Waals surface area (Å²) >= 11 is 5.24. The van der Waals surface area contributed by atoms with Gasteiger partial charge in [-0.05, 0) is 38.2 Å². The van der Waals surface area contributed by atoms with Gasteiger partial charge in [0.05, 0.1) is 12.2 Å². The molecule has 5 nitrogen and oxygen atoms in total. The van der Waals surface area contributed by atoms with Crippen LogP contribution in [0.1, 0.15) is 19.5 Å². The number of hydrogen-bond donors (Lipinski definition) is 1. The molecule has 0 fully saturated rings. The monoisotopic (exact) mass is 261 g/mol. The molecular weight excluding hydrogens is 246 g/mol. The van der Waals surface area contributed by atoms with Crippen molar-refractivity contribution in [2.24, 2.45) is 0 Å². The number of rotatable bonds is 4. The van der Waals surface area contributed by atoms with Crippen LogP contribution in [0.3, 0.4) is 0 Å². The Hall–Kier alpha value is -1.82. The van der Waals surface area contributed by atoms with Crippen LogP contribution in [0, 0.1) is 4.77 Å². The van der Waals surface area contributed by atoms with Crippen LogP contribution in [0.15, 0.2) is 30.7 Å². The number of nitrogens with zero attached hydrogens (tertiary/aromatic N) is 4. The summed E-state index contributed by atoms with van der Waals surface area (Å²) in [6.07, 6.45) is 3.45. The molecule has 0 atom stereocenters. The summed E-state index contributed by atoms with van der Waals surface area (Å²) in [4.78, 5) is 12.7. The first-order valence-corrected chi connectivity index (χ1v) is 6.16. The molecule has 0 saturated carbocycles. The normalized spacial score (nSPS) is 10.6. The van der Waals surface area contributed by atoms with Gasteiger partial charge in [0.15, 0.2) is 0 Å². The molecule has 94 valence electrons. The van der Waals surface area contributed by atoms with Crippen molar-refractivity contribution in [2.45, 2.75) is 26.4 Å². The Balaban J connectivity index is 2.18. The molecule has 0 radical (unpaired) electrons. The summed E-state index contributed by atoms with van der Waals surface area (Å²) in [6.45, 7) is 4.64. The molecule has 6 heteroatoms. The average Bonchev–Trinajstić information content (AvgIpc) is 2.33. The first kappa shape index (κ1) is 12.6. The van der Waals surface area contributed by atoms with E-state index in [9.17, 15) is 0 Å². The molecule has 0 bridgehead atoms. The van der Waals surface area contributed by atoms with E-state index in [4.69, 9.17) is 12.2 Å². The van der Waals surface area contributed by atoms with Crippen LogP contribution < -0.4 is 5.32 Å². The van der Waals surface area contributed by atoms with Crippen molar-refractivity contribution in [1.82, 2.24) is 19.5 Å². The molecule has 0 aromatic carbocycles. The van der Waals surface area contributed by atoms with Crippen LogP contribution in [0.25, 0.3) is 0 Å². The van der Waals surface area contributed by atoms with Gasteiger partial charge < -0.3 is 9.88 Å². The fraction of sp³-hybridized carbons (Fsp3) is 0.333. The average molecular weight is 261 g/mol. The number of aromatic nitrogens is 4. The fourth-order valence-electron chi connectivity index (χ4n) is 1.46. The second-order valence-corrected chi connectivity index (χ2v) is 4.58. The van der Waals surface area contributed by atoms with E-state index >= 15 is 0 Å². The van der Waals surface area contributed by atoms with Crippen molar-refractivity contribution in [3.05, 3.63) is 41.2 Å². The third kappa shape index (κ3) is 3.33. The van der Waals surface area contributed by atoms with Gasteiger partial charge in [-0.1, -0.05) is 6.07 Å². The number of hydrogen-bond acceptors (Lipinski definition) is 5. The first-order valence-electron chi connectivity index (χ1n) is 5.75. The molecule has 2 heterocycles. The minimum Gasteiger partial charge on any atom is -0.352 e. The highest BCUT2D eigenvalue weighted by atomic mass is 32.1. The quantitative estimate of drug-likeness (QED) is 0.856. The predicted molar refractivity (Wildman–Crippen MR) is 73.0 cm³/mol. The van der Waals surface area contributed by atoms with Crippen molar-refractivity contribution < 1.29 is 0 Å². The van der Waals surface area contributed by atoms with Gasteiger partial charge in [-0.25, -0.2) is 4.98 Å². The number of anilines is 1. The Labute approximate surface area is 111 Å². The highest BCUT2D eigenvalue weighted by molar-refractivity contribution is 7.71. The minimum atomic E-state index is 0.283. The molecular formula is C12H15N5S. The van der Waals surface area contributed by atoms with E-state index in [2.05, 4.69) is 20.3 Å². The van der Waals surface area contributed by atoms with Gasteiger partial charge in [-0.15, -0.1) is 0 Å². The summed E-state index contributed by atoms with van der Waals surface area (Å²) < 4.78 is 2.29. The minimum absolute atomic E-state index is 0.283. The standard InChI is InChI=1S/C12H15N5S/c1-9(2)15-11-14-8-17(12(18)16-11)7-10-5-3-4-6-13-10/h3-6,8-9H,7H2,1-2H3,(H,15,16,18). The summed E-state index contributed by atoms with van der Waals surface area (Å²) in [5.41, 5.74) is 0.932. The number of nitrogens with one attached hydrogen (secondary N) is 1. The highest BCUT2D eigenvalue weighted by Crippen LogP contribution is 2.02. The molecule has 0 aliphatic carbocycles. The van der Waals surface area contributed by atoms with Crippen LogP contribution in [0.5, 0.6) is 0 Å². The molecule has 0 aliphatic heterocycles. The van der Waals surface area contributed by atoms with Crippen molar-refractivity contribution >= 4 is 18.2 Å². The largest absolute Gasteiger partial charge is 0.352 e. The summed E-state index contributed by atoms with van der Waals surface area (Å²) in [5, 5.41) is 3.12. The van der Waals surface area contributed by atoms with Crippen LogP contribution >= 0.6 is 12.2 Å².